The summed E-state index contributed by atoms with van der Waals surface area (Å²) in [6.45, 7) is 1.14. The molecule has 0 bridgehead atoms. The van der Waals surface area contributed by atoms with Gasteiger partial charge in [0.2, 0.25) is 0 Å². The minimum atomic E-state index is 0.400. The Morgan fingerprint density at radius 1 is 1.33 bits per heavy atom. The van der Waals surface area contributed by atoms with Crippen LogP contribution in [0.3, 0.4) is 0 Å². The minimum absolute atomic E-state index is 0.400. The molecule has 1 saturated carbocycles. The molecule has 1 aromatic carbocycles. The molecule has 1 aromatic rings. The zero-order chi connectivity index (χ0) is 13.0. The molecule has 0 heterocycles. The van der Waals surface area contributed by atoms with Crippen LogP contribution in [-0.2, 0) is 6.54 Å². The number of methoxy groups -OCH3 is 1. The van der Waals surface area contributed by atoms with E-state index in [-0.39, 0.29) is 0 Å². The monoisotopic (exact) mass is 269 g/mol. The minimum Gasteiger partial charge on any atom is -0.493 e. The third-order valence-corrected chi connectivity index (χ3v) is 3.69. The summed E-state index contributed by atoms with van der Waals surface area (Å²) in [7, 11) is 1.62. The molecule has 2 rings (SSSR count). The molecule has 3 nitrogen and oxygen atoms in total. The van der Waals surface area contributed by atoms with Gasteiger partial charge in [0.25, 0.3) is 0 Å². The van der Waals surface area contributed by atoms with Crippen molar-refractivity contribution in [3.05, 3.63) is 22.7 Å². The van der Waals surface area contributed by atoms with E-state index < -0.39 is 0 Å². The lowest BCUT2D eigenvalue weighted by atomic mass is 10.1. The van der Waals surface area contributed by atoms with Gasteiger partial charge < -0.3 is 15.2 Å². The first-order chi connectivity index (χ1) is 8.74. The average Bonchev–Trinajstić information content (AvgIpc) is 2.89. The summed E-state index contributed by atoms with van der Waals surface area (Å²) in [6.07, 6.45) is 5.15. The number of nitrogens with two attached hydrogens (primary N) is 1. The highest BCUT2D eigenvalue weighted by Crippen LogP contribution is 2.35. The van der Waals surface area contributed by atoms with E-state index in [2.05, 4.69) is 0 Å². The lowest BCUT2D eigenvalue weighted by Crippen LogP contribution is -2.11. The van der Waals surface area contributed by atoms with E-state index >= 15 is 0 Å². The van der Waals surface area contributed by atoms with Crippen LogP contribution in [0.5, 0.6) is 11.5 Å². The van der Waals surface area contributed by atoms with Crippen LogP contribution >= 0.6 is 11.6 Å². The molecule has 18 heavy (non-hydrogen) atoms. The molecule has 100 valence electrons. The van der Waals surface area contributed by atoms with Gasteiger partial charge in [-0.25, -0.2) is 0 Å². The average molecular weight is 270 g/mol. The van der Waals surface area contributed by atoms with Crippen LogP contribution in [0.15, 0.2) is 12.1 Å². The third-order valence-electron chi connectivity index (χ3n) is 3.47. The van der Waals surface area contributed by atoms with Crippen molar-refractivity contribution in [3.63, 3.8) is 0 Å². The zero-order valence-electron chi connectivity index (χ0n) is 10.7. The molecule has 0 radical (unpaired) electrons. The highest BCUT2D eigenvalue weighted by atomic mass is 35.5. The van der Waals surface area contributed by atoms with E-state index in [0.29, 0.717) is 23.2 Å². The van der Waals surface area contributed by atoms with Crippen LogP contribution < -0.4 is 15.2 Å². The fourth-order valence-corrected chi connectivity index (χ4v) is 2.70. The van der Waals surface area contributed by atoms with E-state index in [1.54, 1.807) is 13.2 Å². The van der Waals surface area contributed by atoms with Crippen molar-refractivity contribution in [2.75, 3.05) is 13.7 Å². The molecular weight excluding hydrogens is 250 g/mol. The second kappa shape index (κ2) is 6.30. The molecular formula is C14H20ClNO2. The Morgan fingerprint density at radius 2 is 2.06 bits per heavy atom. The molecule has 0 aromatic heterocycles. The molecule has 4 heteroatoms. The normalized spacial score (nSPS) is 15.9. The third kappa shape index (κ3) is 3.09. The number of ether oxygens (including phenoxy) is 2. The summed E-state index contributed by atoms with van der Waals surface area (Å²) in [5.41, 5.74) is 6.63. The summed E-state index contributed by atoms with van der Waals surface area (Å²) in [4.78, 5) is 0. The summed E-state index contributed by atoms with van der Waals surface area (Å²) in [6, 6.07) is 3.61. The van der Waals surface area contributed by atoms with Gasteiger partial charge in [0, 0.05) is 23.2 Å². The first kappa shape index (κ1) is 13.5. The molecule has 1 fully saturated rings. The second-order valence-corrected chi connectivity index (χ2v) is 5.20. The van der Waals surface area contributed by atoms with Crippen molar-refractivity contribution in [2.24, 2.45) is 11.7 Å². The fraction of sp³-hybridized carbons (Fsp3) is 0.571. The van der Waals surface area contributed by atoms with Crippen LogP contribution in [0, 0.1) is 5.92 Å². The predicted octanol–water partition coefficient (Wildman–Crippen LogP) is 3.38. The summed E-state index contributed by atoms with van der Waals surface area (Å²) in [5.74, 6) is 2.08. The molecule has 0 spiro atoms. The van der Waals surface area contributed by atoms with Gasteiger partial charge in [-0.05, 0) is 24.8 Å². The molecule has 0 unspecified atom stereocenters. The maximum absolute atomic E-state index is 6.02. The summed E-state index contributed by atoms with van der Waals surface area (Å²) >= 11 is 6.02. The van der Waals surface area contributed by atoms with Gasteiger partial charge in [0.15, 0.2) is 11.5 Å². The van der Waals surface area contributed by atoms with E-state index in [1.165, 1.54) is 25.7 Å². The van der Waals surface area contributed by atoms with Crippen molar-refractivity contribution < 1.29 is 9.47 Å². The fourth-order valence-electron chi connectivity index (χ4n) is 2.47. The van der Waals surface area contributed by atoms with Gasteiger partial charge in [0.05, 0.1) is 13.7 Å². The maximum atomic E-state index is 6.02. The van der Waals surface area contributed by atoms with E-state index in [0.717, 1.165) is 17.9 Å². The molecule has 1 aliphatic carbocycles. The van der Waals surface area contributed by atoms with Crippen LogP contribution in [0.1, 0.15) is 31.2 Å². The van der Waals surface area contributed by atoms with Gasteiger partial charge in [-0.15, -0.1) is 0 Å². The number of halogens is 1. The van der Waals surface area contributed by atoms with E-state index in [4.69, 9.17) is 26.8 Å². The second-order valence-electron chi connectivity index (χ2n) is 4.76. The molecule has 2 N–H and O–H groups in total. The van der Waals surface area contributed by atoms with Crippen molar-refractivity contribution in [2.45, 2.75) is 32.2 Å². The Labute approximate surface area is 113 Å². The van der Waals surface area contributed by atoms with Gasteiger partial charge in [-0.3, -0.25) is 0 Å². The van der Waals surface area contributed by atoms with E-state index in [9.17, 15) is 0 Å². The van der Waals surface area contributed by atoms with Gasteiger partial charge >= 0.3 is 0 Å². The van der Waals surface area contributed by atoms with Crippen molar-refractivity contribution in [3.8, 4) is 11.5 Å². The summed E-state index contributed by atoms with van der Waals surface area (Å²) < 4.78 is 11.2. The lowest BCUT2D eigenvalue weighted by molar-refractivity contribution is 0.238. The van der Waals surface area contributed by atoms with Crippen molar-refractivity contribution in [1.29, 1.82) is 0 Å². The Kier molecular flexibility index (Phi) is 4.72. The zero-order valence-corrected chi connectivity index (χ0v) is 11.5. The predicted molar refractivity (Wildman–Crippen MR) is 73.3 cm³/mol. The smallest absolute Gasteiger partial charge is 0.165 e. The standard InChI is InChI=1S/C14H20ClNO2/c1-17-13-7-12(15)6-11(8-16)14(13)18-9-10-4-2-3-5-10/h6-7,10H,2-5,8-9,16H2,1H3. The molecule has 0 saturated heterocycles. The van der Waals surface area contributed by atoms with Gasteiger partial charge in [0.1, 0.15) is 0 Å². The molecule has 1 aliphatic rings. The SMILES string of the molecule is COc1cc(Cl)cc(CN)c1OCC1CCCC1. The Hall–Kier alpha value is -0.930. The van der Waals surface area contributed by atoms with Crippen LogP contribution in [0.2, 0.25) is 5.02 Å². The molecule has 0 amide bonds. The van der Waals surface area contributed by atoms with Crippen molar-refractivity contribution >= 4 is 11.6 Å². The molecule has 0 aliphatic heterocycles. The number of rotatable bonds is 5. The Bertz CT molecular complexity index is 378. The van der Waals surface area contributed by atoms with Crippen LogP contribution in [-0.4, -0.2) is 13.7 Å². The number of benzene rings is 1. The highest BCUT2D eigenvalue weighted by Gasteiger charge is 2.18. The van der Waals surface area contributed by atoms with Crippen LogP contribution in [0.25, 0.3) is 0 Å². The first-order valence-electron chi connectivity index (χ1n) is 6.44. The summed E-state index contributed by atoms with van der Waals surface area (Å²) in [5, 5.41) is 0.625. The highest BCUT2D eigenvalue weighted by molar-refractivity contribution is 6.30. The number of hydrogen-bond acceptors (Lipinski definition) is 3. The van der Waals surface area contributed by atoms with E-state index in [1.807, 2.05) is 6.07 Å². The van der Waals surface area contributed by atoms with Gasteiger partial charge in [-0.2, -0.15) is 0 Å². The lowest BCUT2D eigenvalue weighted by Gasteiger charge is -2.17. The quantitative estimate of drug-likeness (QED) is 0.891. The topological polar surface area (TPSA) is 44.5 Å². The maximum Gasteiger partial charge on any atom is 0.165 e. The first-order valence-corrected chi connectivity index (χ1v) is 6.81. The Balaban J connectivity index is 2.13. The largest absolute Gasteiger partial charge is 0.493 e. The Morgan fingerprint density at radius 3 is 2.67 bits per heavy atom. The van der Waals surface area contributed by atoms with Gasteiger partial charge in [-0.1, -0.05) is 24.4 Å². The number of hydrogen-bond donors (Lipinski definition) is 1. The van der Waals surface area contributed by atoms with Crippen molar-refractivity contribution in [1.82, 2.24) is 0 Å². The molecule has 0 atom stereocenters. The van der Waals surface area contributed by atoms with Crippen LogP contribution in [0.4, 0.5) is 0 Å².